The molecular formula is C55H59BN4. The van der Waals surface area contributed by atoms with E-state index in [9.17, 15) is 0 Å². The predicted octanol–water partition coefficient (Wildman–Crippen LogP) is 12.8. The molecule has 3 heterocycles. The van der Waals surface area contributed by atoms with Crippen LogP contribution in [0, 0.1) is 0 Å². The van der Waals surface area contributed by atoms with Gasteiger partial charge in [-0.1, -0.05) is 168 Å². The monoisotopic (exact) mass is 786 g/mol. The van der Waals surface area contributed by atoms with Crippen LogP contribution >= 0.6 is 0 Å². The molecular weight excluding hydrogens is 727 g/mol. The Hall–Kier alpha value is -5.81. The van der Waals surface area contributed by atoms with Crippen molar-refractivity contribution < 1.29 is 0 Å². The quantitative estimate of drug-likeness (QED) is 0.166. The van der Waals surface area contributed by atoms with Crippen molar-refractivity contribution in [2.75, 3.05) is 9.80 Å². The molecule has 0 saturated carbocycles. The summed E-state index contributed by atoms with van der Waals surface area (Å²) in [6.45, 7) is 27.4. The lowest BCUT2D eigenvalue weighted by Crippen LogP contribution is -2.62. The minimum atomic E-state index is -0.115. The summed E-state index contributed by atoms with van der Waals surface area (Å²) < 4.78 is 2.42. The number of anilines is 6. The highest BCUT2D eigenvalue weighted by molar-refractivity contribution is 7.00. The van der Waals surface area contributed by atoms with Gasteiger partial charge < -0.3 is 4.90 Å². The number of hydrogen-bond acceptors (Lipinski definition) is 3. The topological polar surface area (TPSA) is 24.3 Å². The highest BCUT2D eigenvalue weighted by Crippen LogP contribution is 2.46. The molecule has 2 aliphatic heterocycles. The van der Waals surface area contributed by atoms with Crippen molar-refractivity contribution in [2.45, 2.75) is 105 Å². The van der Waals surface area contributed by atoms with Crippen LogP contribution in [0.1, 0.15) is 105 Å². The Morgan fingerprint density at radius 1 is 0.417 bits per heavy atom. The molecule has 0 saturated heterocycles. The van der Waals surface area contributed by atoms with Crippen LogP contribution in [0.25, 0.3) is 17.1 Å². The molecule has 5 heteroatoms. The van der Waals surface area contributed by atoms with Crippen molar-refractivity contribution in [3.05, 3.63) is 162 Å². The van der Waals surface area contributed by atoms with Crippen molar-refractivity contribution in [1.82, 2.24) is 9.55 Å². The molecule has 60 heavy (non-hydrogen) atoms. The molecule has 0 unspecified atom stereocenters. The van der Waals surface area contributed by atoms with Crippen LogP contribution in [-0.2, 0) is 21.7 Å². The van der Waals surface area contributed by atoms with E-state index in [1.165, 1.54) is 50.2 Å². The lowest BCUT2D eigenvalue weighted by molar-refractivity contribution is 0.590. The fourth-order valence-corrected chi connectivity index (χ4v) is 9.10. The van der Waals surface area contributed by atoms with E-state index in [1.54, 1.807) is 0 Å². The van der Waals surface area contributed by atoms with Gasteiger partial charge in [-0.05, 0) is 109 Å². The number of nitrogens with zero attached hydrogens (tertiary/aromatic N) is 4. The molecule has 9 rings (SSSR count). The Balaban J connectivity index is 1.39. The third-order valence-corrected chi connectivity index (χ3v) is 12.6. The number of benzene rings is 6. The number of aromatic nitrogens is 2. The zero-order chi connectivity index (χ0) is 42.5. The molecule has 302 valence electrons. The number of rotatable bonds is 4. The summed E-state index contributed by atoms with van der Waals surface area (Å²) in [7, 11) is 0. The Morgan fingerprint density at radius 3 is 1.40 bits per heavy atom. The molecule has 7 aromatic rings. The lowest BCUT2D eigenvalue weighted by Gasteiger charge is -2.43. The Morgan fingerprint density at radius 2 is 0.883 bits per heavy atom. The average molecular weight is 787 g/mol. The molecule has 1 aromatic heterocycles. The van der Waals surface area contributed by atoms with Gasteiger partial charge in [-0.25, -0.2) is 4.98 Å². The first-order valence-corrected chi connectivity index (χ1v) is 21.7. The van der Waals surface area contributed by atoms with E-state index in [1.807, 2.05) is 0 Å². The zero-order valence-electron chi connectivity index (χ0n) is 37.6. The van der Waals surface area contributed by atoms with E-state index in [0.717, 1.165) is 39.9 Å². The van der Waals surface area contributed by atoms with Crippen LogP contribution in [0.4, 0.5) is 34.3 Å². The summed E-state index contributed by atoms with van der Waals surface area (Å²) in [5.74, 6) is 2.01. The highest BCUT2D eigenvalue weighted by Gasteiger charge is 2.47. The lowest BCUT2D eigenvalue weighted by atomic mass is 9.35. The van der Waals surface area contributed by atoms with E-state index >= 15 is 0 Å². The fraction of sp³-hybridized carbons (Fsp3) is 0.291. The first kappa shape index (κ1) is 39.6. The van der Waals surface area contributed by atoms with E-state index in [0.29, 0.717) is 0 Å². The smallest absolute Gasteiger partial charge is 0.277 e. The second kappa shape index (κ2) is 13.9. The van der Waals surface area contributed by atoms with E-state index in [2.05, 4.69) is 237 Å². The molecule has 0 aliphatic carbocycles. The first-order valence-electron chi connectivity index (χ1n) is 21.7. The third kappa shape index (κ3) is 6.67. The summed E-state index contributed by atoms with van der Waals surface area (Å²) >= 11 is 0. The highest BCUT2D eigenvalue weighted by atomic mass is 15.3. The average Bonchev–Trinajstić information content (AvgIpc) is 3.60. The van der Waals surface area contributed by atoms with Gasteiger partial charge in [0.25, 0.3) is 6.71 Å². The van der Waals surface area contributed by atoms with Gasteiger partial charge in [0.1, 0.15) is 11.6 Å². The van der Waals surface area contributed by atoms with Gasteiger partial charge in [0.05, 0.1) is 5.59 Å². The fourth-order valence-electron chi connectivity index (χ4n) is 9.10. The standard InChI is InChI=1S/C55H59BN4/c1-52(2,3)37-23-21-36(22-24-37)50-57-49-51(60(50)41-17-14-13-15-18-41)59(43-32-27-39(28-33-43)54(7,8)9)47-20-16-19-46-48(47)56(49)44-35-40(55(10,11)12)29-34-45(44)58(46)42-30-25-38(26-31-42)53(4,5)6/h13-35H,1-12H3. The van der Waals surface area contributed by atoms with Crippen molar-refractivity contribution >= 4 is 57.5 Å². The van der Waals surface area contributed by atoms with Crippen LogP contribution in [0.5, 0.6) is 0 Å². The second-order valence-corrected chi connectivity index (χ2v) is 21.1. The Bertz CT molecular complexity index is 2710. The number of hydrogen-bond donors (Lipinski definition) is 0. The molecule has 0 N–H and O–H groups in total. The van der Waals surface area contributed by atoms with Crippen molar-refractivity contribution in [1.29, 1.82) is 0 Å². The second-order valence-electron chi connectivity index (χ2n) is 21.1. The van der Waals surface area contributed by atoms with Crippen molar-refractivity contribution in [2.24, 2.45) is 0 Å². The van der Waals surface area contributed by atoms with E-state index in [4.69, 9.17) is 4.98 Å². The first-order chi connectivity index (χ1) is 28.3. The van der Waals surface area contributed by atoms with Gasteiger partial charge >= 0.3 is 0 Å². The normalized spacial score (nSPS) is 13.9. The molecule has 0 radical (unpaired) electrons. The van der Waals surface area contributed by atoms with Gasteiger partial charge in [0.2, 0.25) is 0 Å². The summed E-state index contributed by atoms with van der Waals surface area (Å²) in [4.78, 5) is 10.9. The molecule has 0 fully saturated rings. The minimum absolute atomic E-state index is 0.0261. The maximum Gasteiger partial charge on any atom is 0.277 e. The van der Waals surface area contributed by atoms with Gasteiger partial charge in [-0.15, -0.1) is 0 Å². The van der Waals surface area contributed by atoms with Gasteiger partial charge in [-0.2, -0.15) is 0 Å². The number of para-hydroxylation sites is 1. The molecule has 0 amide bonds. The van der Waals surface area contributed by atoms with E-state index in [-0.39, 0.29) is 28.4 Å². The molecule has 0 spiro atoms. The maximum atomic E-state index is 5.88. The molecule has 2 aliphatic rings. The number of imidazole rings is 1. The Kier molecular flexibility index (Phi) is 9.17. The summed E-state index contributed by atoms with van der Waals surface area (Å²) in [5.41, 5.74) is 16.9. The predicted molar refractivity (Wildman–Crippen MR) is 258 cm³/mol. The minimum Gasteiger partial charge on any atom is -0.311 e. The number of fused-ring (bicyclic) bond motifs is 4. The van der Waals surface area contributed by atoms with Crippen LogP contribution in [-0.4, -0.2) is 16.3 Å². The summed E-state index contributed by atoms with van der Waals surface area (Å²) in [6.07, 6.45) is 0. The van der Waals surface area contributed by atoms with Crippen LogP contribution in [0.2, 0.25) is 0 Å². The van der Waals surface area contributed by atoms with Crippen LogP contribution < -0.4 is 26.3 Å². The third-order valence-electron chi connectivity index (χ3n) is 12.6. The molecule has 4 nitrogen and oxygen atoms in total. The van der Waals surface area contributed by atoms with E-state index < -0.39 is 0 Å². The van der Waals surface area contributed by atoms with Gasteiger partial charge in [0, 0.05) is 39.7 Å². The van der Waals surface area contributed by atoms with Crippen LogP contribution in [0.15, 0.2) is 140 Å². The molecule has 0 atom stereocenters. The summed E-state index contributed by atoms with van der Waals surface area (Å²) in [6, 6.07) is 52.4. The van der Waals surface area contributed by atoms with Gasteiger partial charge in [-0.3, -0.25) is 9.47 Å². The SMILES string of the molecule is CC(C)(C)c1ccc(-c2nc3c(n2-c2ccccc2)N(c2ccc(C(C)(C)C)cc2)c2cccc4c2B3c2cc(C(C)(C)C)ccc2N4c2ccc(C(C)(C)C)cc2)cc1. The van der Waals surface area contributed by atoms with Crippen molar-refractivity contribution in [3.8, 4) is 17.1 Å². The largest absolute Gasteiger partial charge is 0.311 e. The summed E-state index contributed by atoms with van der Waals surface area (Å²) in [5, 5.41) is 0. The zero-order valence-corrected chi connectivity index (χ0v) is 37.6. The molecule has 0 bridgehead atoms. The Labute approximate surface area is 359 Å². The van der Waals surface area contributed by atoms with Gasteiger partial charge in [0.15, 0.2) is 0 Å². The molecule has 6 aromatic carbocycles. The maximum absolute atomic E-state index is 5.88. The van der Waals surface area contributed by atoms with Crippen molar-refractivity contribution in [3.63, 3.8) is 0 Å². The van der Waals surface area contributed by atoms with Crippen LogP contribution in [0.3, 0.4) is 0 Å².